The highest BCUT2D eigenvalue weighted by atomic mass is 16.5. The number of nitrogen functional groups attached to an aromatic ring is 1. The number of nitrogens with zero attached hydrogens (tertiary/aromatic N) is 4. The molecule has 0 spiro atoms. The van der Waals surface area contributed by atoms with Crippen LogP contribution >= 0.6 is 0 Å². The number of allylic oxidation sites excluding steroid dienone is 2. The summed E-state index contributed by atoms with van der Waals surface area (Å²) in [5, 5.41) is 25.7. The van der Waals surface area contributed by atoms with E-state index in [0.29, 0.717) is 35.6 Å². The molecule has 6 rings (SSSR count). The monoisotopic (exact) mass is 584 g/mol. The van der Waals surface area contributed by atoms with Crippen LogP contribution in [0.2, 0.25) is 0 Å². The Labute approximate surface area is 251 Å². The van der Waals surface area contributed by atoms with E-state index in [9.17, 15) is 15.0 Å². The number of hydrogen-bond acceptors (Lipinski definition) is 9. The number of carbonyl (C=O) groups is 1. The van der Waals surface area contributed by atoms with Gasteiger partial charge in [0.1, 0.15) is 17.2 Å². The maximum Gasteiger partial charge on any atom is 0.341 e. The highest BCUT2D eigenvalue weighted by Gasteiger charge is 2.58. The summed E-state index contributed by atoms with van der Waals surface area (Å²) in [4.78, 5) is 26.4. The SMILES string of the molecule is C=C1CCC2[C@](C)(CC[C@@H](O)[C@@]2(C)CO)C1CC(Nc1ccccn1)C1=C/C(=C\c2cn(C)c3nc(N)ncc23)OC1=O. The molecule has 3 aliphatic rings. The molecule has 2 fully saturated rings. The van der Waals surface area contributed by atoms with Crippen LogP contribution < -0.4 is 11.1 Å². The Morgan fingerprint density at radius 1 is 1.30 bits per heavy atom. The number of anilines is 2. The lowest BCUT2D eigenvalue weighted by Gasteiger charge is -2.60. The summed E-state index contributed by atoms with van der Waals surface area (Å²) in [5.41, 5.74) is 8.14. The summed E-state index contributed by atoms with van der Waals surface area (Å²) in [6, 6.07) is 5.23. The number of nitrogens with two attached hydrogens (primary N) is 1. The van der Waals surface area contributed by atoms with Gasteiger partial charge in [0.2, 0.25) is 5.95 Å². The third kappa shape index (κ3) is 5.02. The predicted molar refractivity (Wildman–Crippen MR) is 165 cm³/mol. The minimum Gasteiger partial charge on any atom is -0.423 e. The molecule has 1 aliphatic heterocycles. The Morgan fingerprint density at radius 2 is 2.12 bits per heavy atom. The fourth-order valence-corrected chi connectivity index (χ4v) is 7.95. The van der Waals surface area contributed by atoms with Gasteiger partial charge >= 0.3 is 5.97 Å². The number of hydrogen-bond donors (Lipinski definition) is 4. The van der Waals surface area contributed by atoms with Crippen LogP contribution in [-0.4, -0.2) is 54.5 Å². The predicted octanol–water partition coefficient (Wildman–Crippen LogP) is 4.38. The van der Waals surface area contributed by atoms with Gasteiger partial charge in [-0.2, -0.15) is 4.98 Å². The van der Waals surface area contributed by atoms with Gasteiger partial charge in [-0.1, -0.05) is 32.1 Å². The molecule has 226 valence electrons. The van der Waals surface area contributed by atoms with E-state index in [4.69, 9.17) is 10.5 Å². The zero-order valence-electron chi connectivity index (χ0n) is 25.0. The van der Waals surface area contributed by atoms with E-state index >= 15 is 0 Å². The molecular formula is C33H40N6O4. The Morgan fingerprint density at radius 3 is 2.86 bits per heavy atom. The van der Waals surface area contributed by atoms with Crippen LogP contribution in [0, 0.1) is 22.7 Å². The molecule has 2 aliphatic carbocycles. The van der Waals surface area contributed by atoms with Gasteiger partial charge in [-0.05, 0) is 73.6 Å². The Balaban J connectivity index is 1.37. The topological polar surface area (TPSA) is 148 Å². The van der Waals surface area contributed by atoms with Crippen molar-refractivity contribution in [1.29, 1.82) is 0 Å². The fourth-order valence-electron chi connectivity index (χ4n) is 7.95. The van der Waals surface area contributed by atoms with Crippen LogP contribution in [0.5, 0.6) is 0 Å². The Bertz CT molecular complexity index is 1630. The number of esters is 1. The van der Waals surface area contributed by atoms with Crippen molar-refractivity contribution in [2.24, 2.45) is 29.7 Å². The molecule has 0 saturated heterocycles. The molecule has 43 heavy (non-hydrogen) atoms. The van der Waals surface area contributed by atoms with Gasteiger partial charge in [-0.25, -0.2) is 14.8 Å². The number of aromatic nitrogens is 4. The number of cyclic esters (lactones) is 1. The second-order valence-corrected chi connectivity index (χ2v) is 12.9. The average Bonchev–Trinajstić information content (AvgIpc) is 3.50. The number of aryl methyl sites for hydroxylation is 1. The van der Waals surface area contributed by atoms with Crippen molar-refractivity contribution in [3.63, 3.8) is 0 Å². The van der Waals surface area contributed by atoms with Gasteiger partial charge in [0.05, 0.1) is 24.3 Å². The van der Waals surface area contributed by atoms with E-state index in [1.54, 1.807) is 18.5 Å². The summed E-state index contributed by atoms with van der Waals surface area (Å²) < 4.78 is 7.66. The maximum absolute atomic E-state index is 13.5. The van der Waals surface area contributed by atoms with Crippen molar-refractivity contribution in [3.8, 4) is 0 Å². The number of pyridine rings is 1. The van der Waals surface area contributed by atoms with Crippen molar-refractivity contribution >= 4 is 34.8 Å². The highest BCUT2D eigenvalue weighted by molar-refractivity contribution is 5.96. The van der Waals surface area contributed by atoms with Gasteiger partial charge in [-0.3, -0.25) is 0 Å². The van der Waals surface area contributed by atoms with E-state index in [0.717, 1.165) is 35.8 Å². The quantitative estimate of drug-likeness (QED) is 0.234. The van der Waals surface area contributed by atoms with E-state index in [1.165, 1.54) is 0 Å². The van der Waals surface area contributed by atoms with Crippen LogP contribution in [0.4, 0.5) is 11.8 Å². The van der Waals surface area contributed by atoms with Crippen LogP contribution in [0.15, 0.2) is 66.3 Å². The van der Waals surface area contributed by atoms with Crippen molar-refractivity contribution < 1.29 is 19.7 Å². The number of ether oxygens (including phenoxy) is 1. The summed E-state index contributed by atoms with van der Waals surface area (Å²) in [6.45, 7) is 8.71. The maximum atomic E-state index is 13.5. The first-order valence-electron chi connectivity index (χ1n) is 14.9. The molecule has 3 aromatic heterocycles. The lowest BCUT2D eigenvalue weighted by Crippen LogP contribution is -2.58. The minimum absolute atomic E-state index is 0.0493. The minimum atomic E-state index is -0.593. The fraction of sp³-hybridized carbons (Fsp3) is 0.455. The van der Waals surface area contributed by atoms with E-state index in [-0.39, 0.29) is 29.8 Å². The second-order valence-electron chi connectivity index (χ2n) is 12.9. The molecular weight excluding hydrogens is 544 g/mol. The standard InChI is InChI=1S/C33H40N6O4/c1-19-8-9-26-32(2,11-10-27(41)33(26,3)18-40)24(19)15-25(37-28-7-5-6-12-35-28)22-14-21(43-30(22)42)13-20-17-39(4)29-23(20)16-36-31(34)38-29/h5-7,12-14,16-17,24-27,40-41H,1,8-11,15,18H2,2-4H3,(H,35,37)(H2,34,36,38)/b21-13+/t24?,25?,26?,27-,32-,33+/m1/s1. The first-order chi connectivity index (χ1) is 20.5. The van der Waals surface area contributed by atoms with Crippen LogP contribution in [0.25, 0.3) is 17.1 Å². The van der Waals surface area contributed by atoms with E-state index in [2.05, 4.69) is 33.8 Å². The lowest BCUT2D eigenvalue weighted by molar-refractivity contribution is -0.152. The molecule has 10 heteroatoms. The van der Waals surface area contributed by atoms with E-state index < -0.39 is 23.5 Å². The van der Waals surface area contributed by atoms with Crippen molar-refractivity contribution in [3.05, 3.63) is 71.9 Å². The second kappa shape index (κ2) is 10.9. The van der Waals surface area contributed by atoms with Crippen LogP contribution in [-0.2, 0) is 16.6 Å². The normalized spacial score (nSPS) is 30.7. The first-order valence-corrected chi connectivity index (χ1v) is 14.9. The van der Waals surface area contributed by atoms with Gasteiger partial charge in [0, 0.05) is 42.0 Å². The average molecular weight is 585 g/mol. The van der Waals surface area contributed by atoms with Crippen molar-refractivity contribution in [1.82, 2.24) is 19.5 Å². The number of rotatable bonds is 7. The van der Waals surface area contributed by atoms with Crippen LogP contribution in [0.1, 0.15) is 51.5 Å². The van der Waals surface area contributed by atoms with Crippen molar-refractivity contribution in [2.45, 2.75) is 58.1 Å². The first kappa shape index (κ1) is 29.1. The molecule has 5 N–H and O–H groups in total. The molecule has 0 bridgehead atoms. The smallest absolute Gasteiger partial charge is 0.341 e. The van der Waals surface area contributed by atoms with Gasteiger partial charge in [0.15, 0.2) is 0 Å². The summed E-state index contributed by atoms with van der Waals surface area (Å²) in [5.74, 6) is 1.03. The summed E-state index contributed by atoms with van der Waals surface area (Å²) in [6.07, 6.45) is 12.1. The third-order valence-corrected chi connectivity index (χ3v) is 10.3. The number of fused-ring (bicyclic) bond motifs is 2. The molecule has 6 atom stereocenters. The highest BCUT2D eigenvalue weighted by Crippen LogP contribution is 2.62. The lowest BCUT2D eigenvalue weighted by atomic mass is 9.46. The molecule has 0 radical (unpaired) electrons. The zero-order valence-corrected chi connectivity index (χ0v) is 25.0. The molecule has 0 aromatic carbocycles. The van der Waals surface area contributed by atoms with Gasteiger partial charge < -0.3 is 30.6 Å². The molecule has 2 saturated carbocycles. The number of aliphatic hydroxyl groups excluding tert-OH is 2. The Kier molecular flexibility index (Phi) is 7.38. The third-order valence-electron chi connectivity index (χ3n) is 10.3. The van der Waals surface area contributed by atoms with Crippen LogP contribution in [0.3, 0.4) is 0 Å². The van der Waals surface area contributed by atoms with Crippen molar-refractivity contribution in [2.75, 3.05) is 17.7 Å². The molecule has 10 nitrogen and oxygen atoms in total. The molecule has 3 unspecified atom stereocenters. The van der Waals surface area contributed by atoms with Gasteiger partial charge in [-0.15, -0.1) is 0 Å². The molecule has 0 amide bonds. The Hall–Kier alpha value is -4.02. The molecule has 3 aromatic rings. The largest absolute Gasteiger partial charge is 0.423 e. The number of aliphatic hydroxyl groups is 2. The molecule has 4 heterocycles. The zero-order chi connectivity index (χ0) is 30.5. The number of nitrogens with one attached hydrogen (secondary N) is 1. The summed E-state index contributed by atoms with van der Waals surface area (Å²) in [7, 11) is 1.88. The van der Waals surface area contributed by atoms with E-state index in [1.807, 2.05) is 49.0 Å². The summed E-state index contributed by atoms with van der Waals surface area (Å²) >= 11 is 0. The number of carbonyl (C=O) groups excluding carboxylic acids is 1. The van der Waals surface area contributed by atoms with Gasteiger partial charge in [0.25, 0.3) is 0 Å².